The van der Waals surface area contributed by atoms with Gasteiger partial charge in [-0.2, -0.15) is 0 Å². The number of rotatable bonds is 9. The van der Waals surface area contributed by atoms with Crippen LogP contribution in [-0.4, -0.2) is 38.1 Å². The van der Waals surface area contributed by atoms with E-state index in [2.05, 4.69) is 53.2 Å². The van der Waals surface area contributed by atoms with Crippen molar-refractivity contribution in [2.24, 2.45) is 0 Å². The molecule has 28 heavy (non-hydrogen) atoms. The van der Waals surface area contributed by atoms with Crippen LogP contribution in [0.2, 0.25) is 0 Å². The minimum absolute atomic E-state index is 0.0555. The van der Waals surface area contributed by atoms with E-state index in [4.69, 9.17) is 4.74 Å². The predicted molar refractivity (Wildman–Crippen MR) is 119 cm³/mol. The number of nitrogens with one attached hydrogen (secondary N) is 2. The molecule has 2 aromatic rings. The fraction of sp³-hybridized carbons (Fsp3) is 0.381. The first-order valence-corrected chi connectivity index (χ1v) is 11.1. The summed E-state index contributed by atoms with van der Waals surface area (Å²) in [4.78, 5) is 16.5. The van der Waals surface area contributed by atoms with E-state index in [1.807, 2.05) is 36.0 Å². The van der Waals surface area contributed by atoms with Gasteiger partial charge in [0.05, 0.1) is 11.1 Å². The Balaban J connectivity index is 1.64. The summed E-state index contributed by atoms with van der Waals surface area (Å²) >= 11 is 3.54. The highest BCUT2D eigenvalue weighted by Crippen LogP contribution is 2.44. The molecule has 0 bridgehead atoms. The van der Waals surface area contributed by atoms with Crippen molar-refractivity contribution in [1.29, 1.82) is 0 Å². The average molecular weight is 418 g/mol. The molecule has 2 aromatic carbocycles. The zero-order valence-electron chi connectivity index (χ0n) is 16.5. The van der Waals surface area contributed by atoms with Gasteiger partial charge in [-0.1, -0.05) is 43.3 Å². The first kappa shape index (κ1) is 21.0. The van der Waals surface area contributed by atoms with Gasteiger partial charge in [0.2, 0.25) is 5.91 Å². The largest absolute Gasteiger partial charge is 0.375 e. The van der Waals surface area contributed by atoms with Gasteiger partial charge in [0.1, 0.15) is 6.61 Å². The minimum Gasteiger partial charge on any atom is -0.375 e. The zero-order chi connectivity index (χ0) is 19.9. The lowest BCUT2D eigenvalue weighted by molar-refractivity contribution is -0.119. The molecule has 2 unspecified atom stereocenters. The molecular formula is C21H27N3O2S2. The monoisotopic (exact) mass is 417 g/mol. The number of amides is 1. The summed E-state index contributed by atoms with van der Waals surface area (Å²) in [6.45, 7) is 2.28. The van der Waals surface area contributed by atoms with Crippen LogP contribution in [0.15, 0.2) is 58.3 Å². The molecule has 1 amide bonds. The Hall–Kier alpha value is -1.67. The minimum atomic E-state index is -0.150. The Morgan fingerprint density at radius 3 is 2.86 bits per heavy atom. The summed E-state index contributed by atoms with van der Waals surface area (Å²) in [5.74, 6) is -0.150. The molecule has 1 heterocycles. The summed E-state index contributed by atoms with van der Waals surface area (Å²) in [6, 6.07) is 16.8. The van der Waals surface area contributed by atoms with Crippen molar-refractivity contribution >= 4 is 41.0 Å². The van der Waals surface area contributed by atoms with Crippen LogP contribution in [0.5, 0.6) is 0 Å². The Labute approximate surface area is 175 Å². The van der Waals surface area contributed by atoms with Crippen molar-refractivity contribution < 1.29 is 9.53 Å². The second-order valence-corrected chi connectivity index (χ2v) is 8.78. The molecular weight excluding hydrogens is 390 g/mol. The van der Waals surface area contributed by atoms with Gasteiger partial charge in [-0.05, 0) is 48.7 Å². The number of para-hydroxylation sites is 1. The average Bonchev–Trinajstić information content (AvgIpc) is 3.02. The van der Waals surface area contributed by atoms with E-state index in [9.17, 15) is 4.79 Å². The van der Waals surface area contributed by atoms with Crippen LogP contribution < -0.4 is 14.9 Å². The van der Waals surface area contributed by atoms with Crippen LogP contribution in [0.25, 0.3) is 0 Å². The zero-order valence-corrected chi connectivity index (χ0v) is 18.1. The van der Waals surface area contributed by atoms with E-state index >= 15 is 0 Å². The molecule has 0 aliphatic carbocycles. The molecule has 0 aromatic heterocycles. The van der Waals surface area contributed by atoms with E-state index in [-0.39, 0.29) is 12.5 Å². The van der Waals surface area contributed by atoms with Crippen LogP contribution >= 0.6 is 23.7 Å². The number of carbonyl (C=O) groups is 1. The molecule has 0 radical (unpaired) electrons. The normalized spacial score (nSPS) is 16.7. The molecule has 7 heteroatoms. The molecule has 2 N–H and O–H groups in total. The van der Waals surface area contributed by atoms with Crippen LogP contribution in [0.4, 0.5) is 11.4 Å². The molecule has 1 aliphatic rings. The van der Waals surface area contributed by atoms with Gasteiger partial charge in [-0.15, -0.1) is 0 Å². The van der Waals surface area contributed by atoms with Crippen molar-refractivity contribution in [3.8, 4) is 0 Å². The fourth-order valence-corrected chi connectivity index (χ4v) is 5.57. The standard InChI is InChI=1S/C21H27N3O2S2/c1-4-8-17(21-24(2)18-11-5-6-12-19(18)27-21)23-28-16-10-7-9-15(13-16)22-20(25)14-26-3/h5-7,9-13,17,21,23H,4,8,14H2,1-3H3,(H,22,25). The maximum Gasteiger partial charge on any atom is 0.250 e. The Kier molecular flexibility index (Phi) is 7.67. The van der Waals surface area contributed by atoms with E-state index in [1.165, 1.54) is 17.7 Å². The number of likely N-dealkylation sites (N-methyl/N-ethyl adjacent to an activating group) is 1. The summed E-state index contributed by atoms with van der Waals surface area (Å²) in [6.07, 6.45) is 2.21. The topological polar surface area (TPSA) is 53.6 Å². The third-order valence-corrected chi connectivity index (χ3v) is 6.94. The van der Waals surface area contributed by atoms with Crippen LogP contribution in [0, 0.1) is 0 Å². The Morgan fingerprint density at radius 1 is 1.29 bits per heavy atom. The molecule has 5 nitrogen and oxygen atoms in total. The van der Waals surface area contributed by atoms with Crippen molar-refractivity contribution in [3.05, 3.63) is 48.5 Å². The van der Waals surface area contributed by atoms with Gasteiger partial charge in [0.25, 0.3) is 0 Å². The van der Waals surface area contributed by atoms with Crippen LogP contribution in [0.1, 0.15) is 19.8 Å². The predicted octanol–water partition coefficient (Wildman–Crippen LogP) is 4.61. The lowest BCUT2D eigenvalue weighted by Gasteiger charge is -2.30. The number of benzene rings is 2. The molecule has 3 rings (SSSR count). The van der Waals surface area contributed by atoms with Crippen LogP contribution in [-0.2, 0) is 9.53 Å². The fourth-order valence-electron chi connectivity index (χ4n) is 3.23. The van der Waals surface area contributed by atoms with Crippen molar-refractivity contribution in [2.75, 3.05) is 31.0 Å². The number of nitrogens with zero attached hydrogens (tertiary/aromatic N) is 1. The number of anilines is 2. The number of carbonyl (C=O) groups excluding carboxylic acids is 1. The number of thioether (sulfide) groups is 1. The van der Waals surface area contributed by atoms with E-state index in [0.29, 0.717) is 11.4 Å². The number of ether oxygens (including phenoxy) is 1. The van der Waals surface area contributed by atoms with Crippen LogP contribution in [0.3, 0.4) is 0 Å². The molecule has 0 saturated heterocycles. The summed E-state index contributed by atoms with van der Waals surface area (Å²) in [5.41, 5.74) is 2.08. The third-order valence-electron chi connectivity index (χ3n) is 4.54. The summed E-state index contributed by atoms with van der Waals surface area (Å²) in [5, 5.41) is 3.21. The molecule has 2 atom stereocenters. The van der Waals surface area contributed by atoms with Gasteiger partial charge in [0, 0.05) is 35.7 Å². The van der Waals surface area contributed by atoms with Crippen molar-refractivity contribution in [1.82, 2.24) is 4.72 Å². The van der Waals surface area contributed by atoms with Gasteiger partial charge >= 0.3 is 0 Å². The maximum atomic E-state index is 11.7. The molecule has 0 saturated carbocycles. The van der Waals surface area contributed by atoms with E-state index in [0.717, 1.165) is 23.4 Å². The molecule has 0 spiro atoms. The van der Waals surface area contributed by atoms with E-state index in [1.54, 1.807) is 11.9 Å². The maximum absolute atomic E-state index is 11.7. The summed E-state index contributed by atoms with van der Waals surface area (Å²) in [7, 11) is 3.68. The lowest BCUT2D eigenvalue weighted by Crippen LogP contribution is -2.42. The molecule has 150 valence electrons. The quantitative estimate of drug-likeness (QED) is 0.582. The van der Waals surface area contributed by atoms with Gasteiger partial charge in [-0.3, -0.25) is 9.52 Å². The Morgan fingerprint density at radius 2 is 2.11 bits per heavy atom. The number of hydrogen-bond acceptors (Lipinski definition) is 6. The second kappa shape index (κ2) is 10.2. The second-order valence-electron chi connectivity index (χ2n) is 6.71. The number of hydrogen-bond donors (Lipinski definition) is 2. The third kappa shape index (κ3) is 5.23. The van der Waals surface area contributed by atoms with Gasteiger partial charge in [-0.25, -0.2) is 0 Å². The van der Waals surface area contributed by atoms with Gasteiger partial charge in [0.15, 0.2) is 0 Å². The SMILES string of the molecule is CCCC(NSc1cccc(NC(=O)COC)c1)C1Sc2ccccc2N1C. The lowest BCUT2D eigenvalue weighted by atomic mass is 10.1. The first-order valence-electron chi connectivity index (χ1n) is 9.42. The highest BCUT2D eigenvalue weighted by Gasteiger charge is 2.33. The van der Waals surface area contributed by atoms with E-state index < -0.39 is 0 Å². The van der Waals surface area contributed by atoms with Crippen molar-refractivity contribution in [2.45, 2.75) is 41.0 Å². The summed E-state index contributed by atoms with van der Waals surface area (Å²) < 4.78 is 8.54. The van der Waals surface area contributed by atoms with Crippen molar-refractivity contribution in [3.63, 3.8) is 0 Å². The highest BCUT2D eigenvalue weighted by molar-refractivity contribution is 8.00. The molecule has 0 fully saturated rings. The highest BCUT2D eigenvalue weighted by atomic mass is 32.2. The first-order chi connectivity index (χ1) is 13.6. The molecule has 1 aliphatic heterocycles. The van der Waals surface area contributed by atoms with Gasteiger partial charge < -0.3 is 15.0 Å². The smallest absolute Gasteiger partial charge is 0.250 e. The Bertz CT molecular complexity index is 803. The number of fused-ring (bicyclic) bond motifs is 1. The number of methoxy groups -OCH3 is 1.